The first-order chi connectivity index (χ1) is 10.3. The highest BCUT2D eigenvalue weighted by Crippen LogP contribution is 2.27. The van der Waals surface area contributed by atoms with Crippen LogP contribution < -0.4 is 5.32 Å². The summed E-state index contributed by atoms with van der Waals surface area (Å²) in [5.74, 6) is 0. The lowest BCUT2D eigenvalue weighted by Crippen LogP contribution is -1.93. The predicted octanol–water partition coefficient (Wildman–Crippen LogP) is 5.58. The van der Waals surface area contributed by atoms with E-state index in [9.17, 15) is 0 Å². The van der Waals surface area contributed by atoms with Crippen LogP contribution in [-0.2, 0) is 6.42 Å². The van der Waals surface area contributed by atoms with Crippen LogP contribution >= 0.6 is 11.6 Å². The first-order valence-electron chi connectivity index (χ1n) is 7.16. The van der Waals surface area contributed by atoms with Crippen LogP contribution in [0.1, 0.15) is 18.9 Å². The summed E-state index contributed by atoms with van der Waals surface area (Å²) < 4.78 is 0. The van der Waals surface area contributed by atoms with Crippen LogP contribution in [0, 0.1) is 0 Å². The molecule has 0 saturated carbocycles. The molecule has 1 N–H and O–H groups in total. The van der Waals surface area contributed by atoms with Crippen molar-refractivity contribution >= 4 is 33.9 Å². The molecule has 0 atom stereocenters. The summed E-state index contributed by atoms with van der Waals surface area (Å²) in [7, 11) is 0. The van der Waals surface area contributed by atoms with Gasteiger partial charge < -0.3 is 5.32 Å². The van der Waals surface area contributed by atoms with E-state index in [4.69, 9.17) is 11.6 Å². The van der Waals surface area contributed by atoms with E-state index in [0.717, 1.165) is 28.7 Å². The maximum Gasteiger partial charge on any atom is 0.0737 e. The van der Waals surface area contributed by atoms with Gasteiger partial charge >= 0.3 is 0 Å². The van der Waals surface area contributed by atoms with Crippen molar-refractivity contribution in [1.29, 1.82) is 0 Å². The van der Waals surface area contributed by atoms with Crippen molar-refractivity contribution in [3.63, 3.8) is 0 Å². The van der Waals surface area contributed by atoms with Gasteiger partial charge in [0.1, 0.15) is 0 Å². The van der Waals surface area contributed by atoms with Crippen LogP contribution in [-0.4, -0.2) is 4.98 Å². The molecule has 2 nitrogen and oxygen atoms in total. The zero-order valence-electron chi connectivity index (χ0n) is 11.9. The lowest BCUT2D eigenvalue weighted by atomic mass is 10.1. The van der Waals surface area contributed by atoms with Crippen molar-refractivity contribution in [3.05, 3.63) is 65.3 Å². The number of aryl methyl sites for hydroxylation is 1. The number of nitrogens with zero attached hydrogens (tertiary/aromatic N) is 1. The highest BCUT2D eigenvalue weighted by Gasteiger charge is 2.03. The number of benzene rings is 2. The largest absolute Gasteiger partial charge is 0.355 e. The fourth-order valence-electron chi connectivity index (χ4n) is 2.43. The van der Waals surface area contributed by atoms with Crippen LogP contribution in [0.4, 0.5) is 11.4 Å². The van der Waals surface area contributed by atoms with E-state index in [1.807, 2.05) is 24.3 Å². The fraction of sp³-hybridized carbons (Fsp3) is 0.167. The van der Waals surface area contributed by atoms with Gasteiger partial charge in [-0.25, -0.2) is 0 Å². The van der Waals surface area contributed by atoms with Crippen molar-refractivity contribution in [2.75, 3.05) is 5.32 Å². The first-order valence-corrected chi connectivity index (χ1v) is 7.54. The van der Waals surface area contributed by atoms with Gasteiger partial charge in [0.05, 0.1) is 5.52 Å². The van der Waals surface area contributed by atoms with E-state index in [2.05, 4.69) is 41.5 Å². The molecule has 0 aliphatic carbocycles. The molecular weight excluding hydrogens is 280 g/mol. The number of hydrogen-bond donors (Lipinski definition) is 1. The number of rotatable bonds is 4. The van der Waals surface area contributed by atoms with Gasteiger partial charge in [-0.1, -0.05) is 37.1 Å². The number of halogens is 1. The second-order valence-electron chi connectivity index (χ2n) is 5.09. The Hall–Kier alpha value is -2.06. The van der Waals surface area contributed by atoms with Crippen molar-refractivity contribution in [3.8, 4) is 0 Å². The molecular formula is C18H17ClN2. The Morgan fingerprint density at radius 2 is 1.86 bits per heavy atom. The second kappa shape index (κ2) is 6.15. The highest BCUT2D eigenvalue weighted by molar-refractivity contribution is 6.31. The molecule has 0 bridgehead atoms. The molecule has 0 fully saturated rings. The molecule has 0 aliphatic heterocycles. The number of nitrogens with one attached hydrogen (secondary N) is 1. The summed E-state index contributed by atoms with van der Waals surface area (Å²) in [6.07, 6.45) is 4.09. The average Bonchev–Trinajstić information content (AvgIpc) is 2.49. The summed E-state index contributed by atoms with van der Waals surface area (Å²) in [5.41, 5.74) is 4.39. The topological polar surface area (TPSA) is 24.9 Å². The summed E-state index contributed by atoms with van der Waals surface area (Å²) >= 11 is 6.02. The average molecular weight is 297 g/mol. The molecule has 2 aromatic carbocycles. The normalized spacial score (nSPS) is 10.8. The Labute approximate surface area is 129 Å². The van der Waals surface area contributed by atoms with Gasteiger partial charge in [0.2, 0.25) is 0 Å². The van der Waals surface area contributed by atoms with Crippen molar-refractivity contribution < 1.29 is 0 Å². The summed E-state index contributed by atoms with van der Waals surface area (Å²) in [6.45, 7) is 2.19. The fourth-order valence-corrected chi connectivity index (χ4v) is 2.60. The highest BCUT2D eigenvalue weighted by atomic mass is 35.5. The van der Waals surface area contributed by atoms with E-state index in [0.29, 0.717) is 5.02 Å². The Morgan fingerprint density at radius 3 is 2.62 bits per heavy atom. The zero-order chi connectivity index (χ0) is 14.7. The number of aromatic nitrogens is 1. The maximum absolute atomic E-state index is 6.02. The van der Waals surface area contributed by atoms with Crippen LogP contribution in [0.15, 0.2) is 54.7 Å². The molecule has 1 aromatic heterocycles. The second-order valence-corrected chi connectivity index (χ2v) is 5.53. The van der Waals surface area contributed by atoms with Crippen molar-refractivity contribution in [1.82, 2.24) is 4.98 Å². The molecule has 106 valence electrons. The monoisotopic (exact) mass is 296 g/mol. The third-order valence-electron chi connectivity index (χ3n) is 3.48. The molecule has 0 radical (unpaired) electrons. The first kappa shape index (κ1) is 13.9. The quantitative estimate of drug-likeness (QED) is 0.679. The standard InChI is InChI=1S/C18H17ClN2/c1-2-3-13-4-7-15(8-5-13)21-17-10-11-20-18-12-14(19)6-9-16(17)18/h4-12H,2-3H2,1H3,(H,20,21). The number of anilines is 2. The van der Waals surface area contributed by atoms with Gasteiger partial charge in [-0.2, -0.15) is 0 Å². The van der Waals surface area contributed by atoms with Crippen LogP contribution in [0.3, 0.4) is 0 Å². The SMILES string of the molecule is CCCc1ccc(Nc2ccnc3cc(Cl)ccc23)cc1. The molecule has 21 heavy (non-hydrogen) atoms. The van der Waals surface area contributed by atoms with Gasteiger partial charge in [0.25, 0.3) is 0 Å². The van der Waals surface area contributed by atoms with Crippen molar-refractivity contribution in [2.45, 2.75) is 19.8 Å². The molecule has 3 heteroatoms. The molecule has 3 aromatic rings. The lowest BCUT2D eigenvalue weighted by molar-refractivity contribution is 0.922. The Morgan fingerprint density at radius 1 is 1.05 bits per heavy atom. The maximum atomic E-state index is 6.02. The Kier molecular flexibility index (Phi) is 4.07. The molecule has 0 spiro atoms. The third-order valence-corrected chi connectivity index (χ3v) is 3.71. The Balaban J connectivity index is 1.90. The van der Waals surface area contributed by atoms with Gasteiger partial charge in [-0.15, -0.1) is 0 Å². The third kappa shape index (κ3) is 3.17. The minimum atomic E-state index is 0.705. The van der Waals surface area contributed by atoms with E-state index in [1.165, 1.54) is 12.0 Å². The molecule has 0 aliphatic rings. The summed E-state index contributed by atoms with van der Waals surface area (Å²) in [6, 6.07) is 16.3. The van der Waals surface area contributed by atoms with E-state index >= 15 is 0 Å². The van der Waals surface area contributed by atoms with E-state index in [1.54, 1.807) is 6.20 Å². The van der Waals surface area contributed by atoms with Crippen LogP contribution in [0.2, 0.25) is 5.02 Å². The van der Waals surface area contributed by atoms with Crippen LogP contribution in [0.5, 0.6) is 0 Å². The van der Waals surface area contributed by atoms with Gasteiger partial charge in [-0.3, -0.25) is 4.98 Å². The Bertz CT molecular complexity index is 751. The van der Waals surface area contributed by atoms with Crippen LogP contribution in [0.25, 0.3) is 10.9 Å². The lowest BCUT2D eigenvalue weighted by Gasteiger charge is -2.10. The summed E-state index contributed by atoms with van der Waals surface area (Å²) in [4.78, 5) is 4.36. The smallest absolute Gasteiger partial charge is 0.0737 e. The van der Waals surface area contributed by atoms with Gasteiger partial charge in [0.15, 0.2) is 0 Å². The molecule has 3 rings (SSSR count). The van der Waals surface area contributed by atoms with Gasteiger partial charge in [0, 0.05) is 28.0 Å². The minimum absolute atomic E-state index is 0.705. The summed E-state index contributed by atoms with van der Waals surface area (Å²) in [5, 5.41) is 5.23. The van der Waals surface area contributed by atoms with E-state index < -0.39 is 0 Å². The number of hydrogen-bond acceptors (Lipinski definition) is 2. The number of fused-ring (bicyclic) bond motifs is 1. The predicted molar refractivity (Wildman–Crippen MR) is 90.5 cm³/mol. The number of pyridine rings is 1. The zero-order valence-corrected chi connectivity index (χ0v) is 12.7. The molecule has 0 unspecified atom stereocenters. The molecule has 1 heterocycles. The van der Waals surface area contributed by atoms with Crippen molar-refractivity contribution in [2.24, 2.45) is 0 Å². The minimum Gasteiger partial charge on any atom is -0.355 e. The molecule has 0 amide bonds. The van der Waals surface area contributed by atoms with Gasteiger partial charge in [-0.05, 0) is 48.4 Å². The molecule has 0 saturated heterocycles. The van der Waals surface area contributed by atoms with E-state index in [-0.39, 0.29) is 0 Å².